The maximum Gasteiger partial charge on any atom is 0.273 e. The van der Waals surface area contributed by atoms with Crippen molar-refractivity contribution in [2.45, 2.75) is 20.0 Å². The van der Waals surface area contributed by atoms with Crippen LogP contribution < -0.4 is 5.32 Å². The highest BCUT2D eigenvalue weighted by Crippen LogP contribution is 2.21. The quantitative estimate of drug-likeness (QED) is 0.670. The van der Waals surface area contributed by atoms with Gasteiger partial charge in [-0.3, -0.25) is 14.9 Å². The van der Waals surface area contributed by atoms with Crippen molar-refractivity contribution < 1.29 is 14.8 Å². The Morgan fingerprint density at radius 2 is 1.86 bits per heavy atom. The van der Waals surface area contributed by atoms with Gasteiger partial charge in [0.1, 0.15) is 0 Å². The number of aryl methyl sites for hydroxylation is 1. The number of anilines is 1. The van der Waals surface area contributed by atoms with Gasteiger partial charge in [-0.25, -0.2) is 0 Å². The first-order valence-corrected chi connectivity index (χ1v) is 6.73. The summed E-state index contributed by atoms with van der Waals surface area (Å²) in [6, 6.07) is 11.1. The van der Waals surface area contributed by atoms with E-state index in [1.165, 1.54) is 6.07 Å². The highest BCUT2D eigenvalue weighted by molar-refractivity contribution is 6.04. The van der Waals surface area contributed by atoms with Crippen LogP contribution >= 0.6 is 0 Å². The fourth-order valence-electron chi connectivity index (χ4n) is 2.00. The molecule has 2 aromatic rings. The van der Waals surface area contributed by atoms with E-state index in [4.69, 9.17) is 0 Å². The minimum Gasteiger partial charge on any atom is -0.389 e. The summed E-state index contributed by atoms with van der Waals surface area (Å²) in [7, 11) is 0. The van der Waals surface area contributed by atoms with E-state index in [9.17, 15) is 20.0 Å². The molecule has 2 N–H and O–H groups in total. The van der Waals surface area contributed by atoms with Gasteiger partial charge in [-0.15, -0.1) is 0 Å². The lowest BCUT2D eigenvalue weighted by Gasteiger charge is -2.08. The number of rotatable bonds is 4. The van der Waals surface area contributed by atoms with Crippen molar-refractivity contribution in [2.24, 2.45) is 0 Å². The Balaban J connectivity index is 2.18. The van der Waals surface area contributed by atoms with Crippen molar-refractivity contribution in [1.82, 2.24) is 0 Å². The molecule has 2 rings (SSSR count). The lowest BCUT2D eigenvalue weighted by Crippen LogP contribution is -2.12. The molecule has 0 radical (unpaired) electrons. The second-order valence-electron chi connectivity index (χ2n) is 5.01. The monoisotopic (exact) mass is 300 g/mol. The van der Waals surface area contributed by atoms with E-state index in [1.54, 1.807) is 50.2 Å². The summed E-state index contributed by atoms with van der Waals surface area (Å²) in [5, 5.41) is 23.0. The highest BCUT2D eigenvalue weighted by atomic mass is 16.6. The molecular formula is C16H16N2O4. The number of benzene rings is 2. The SMILES string of the molecule is Cc1ccc(C(=O)Nc2ccc([C@@H](C)O)cc2)cc1[N+](=O)[O-]. The summed E-state index contributed by atoms with van der Waals surface area (Å²) in [5.74, 6) is -0.423. The second-order valence-corrected chi connectivity index (χ2v) is 5.01. The summed E-state index contributed by atoms with van der Waals surface area (Å²) in [6.45, 7) is 3.27. The topological polar surface area (TPSA) is 92.5 Å². The van der Waals surface area contributed by atoms with Gasteiger partial charge in [0.2, 0.25) is 0 Å². The van der Waals surface area contributed by atoms with Gasteiger partial charge in [-0.1, -0.05) is 18.2 Å². The Bertz CT molecular complexity index is 709. The Labute approximate surface area is 127 Å². The molecule has 0 saturated heterocycles. The minimum atomic E-state index is -0.579. The van der Waals surface area contributed by atoms with Gasteiger partial charge < -0.3 is 10.4 Å². The molecule has 0 aliphatic carbocycles. The first-order chi connectivity index (χ1) is 10.4. The number of nitrogens with zero attached hydrogens (tertiary/aromatic N) is 1. The third kappa shape index (κ3) is 3.48. The fourth-order valence-corrected chi connectivity index (χ4v) is 2.00. The zero-order chi connectivity index (χ0) is 16.3. The molecular weight excluding hydrogens is 284 g/mol. The summed E-state index contributed by atoms with van der Waals surface area (Å²) in [4.78, 5) is 22.5. The molecule has 0 heterocycles. The Morgan fingerprint density at radius 1 is 1.23 bits per heavy atom. The largest absolute Gasteiger partial charge is 0.389 e. The Kier molecular flexibility index (Phi) is 4.53. The molecule has 1 amide bonds. The maximum absolute atomic E-state index is 12.1. The number of amides is 1. The number of nitro benzene ring substituents is 1. The molecule has 1 atom stereocenters. The van der Waals surface area contributed by atoms with Gasteiger partial charge in [0.05, 0.1) is 11.0 Å². The average molecular weight is 300 g/mol. The van der Waals surface area contributed by atoms with Crippen LogP contribution in [0.4, 0.5) is 11.4 Å². The normalized spacial score (nSPS) is 11.8. The Morgan fingerprint density at radius 3 is 2.41 bits per heavy atom. The molecule has 22 heavy (non-hydrogen) atoms. The van der Waals surface area contributed by atoms with Crippen molar-refractivity contribution in [3.8, 4) is 0 Å². The third-order valence-corrected chi connectivity index (χ3v) is 3.32. The van der Waals surface area contributed by atoms with Crippen molar-refractivity contribution in [1.29, 1.82) is 0 Å². The fraction of sp³-hybridized carbons (Fsp3) is 0.188. The second kappa shape index (κ2) is 6.36. The van der Waals surface area contributed by atoms with E-state index >= 15 is 0 Å². The van der Waals surface area contributed by atoms with Gasteiger partial charge >= 0.3 is 0 Å². The zero-order valence-corrected chi connectivity index (χ0v) is 12.2. The number of carbonyl (C=O) groups excluding carboxylic acids is 1. The van der Waals surface area contributed by atoms with Crippen LogP contribution in [0.15, 0.2) is 42.5 Å². The molecule has 0 fully saturated rings. The predicted octanol–water partition coefficient (Wildman–Crippen LogP) is 3.21. The number of carbonyl (C=O) groups is 1. The number of nitrogens with one attached hydrogen (secondary N) is 1. The number of hydrogen-bond donors (Lipinski definition) is 2. The molecule has 0 bridgehead atoms. The average Bonchev–Trinajstić information content (AvgIpc) is 2.47. The van der Waals surface area contributed by atoms with Crippen molar-refractivity contribution in [3.63, 3.8) is 0 Å². The predicted molar refractivity (Wildman–Crippen MR) is 82.9 cm³/mol. The summed E-state index contributed by atoms with van der Waals surface area (Å²) < 4.78 is 0. The van der Waals surface area contributed by atoms with E-state index in [0.29, 0.717) is 11.3 Å². The van der Waals surface area contributed by atoms with Crippen LogP contribution in [0.1, 0.15) is 34.5 Å². The molecule has 0 aromatic heterocycles. The minimum absolute atomic E-state index is 0.0860. The van der Waals surface area contributed by atoms with Crippen molar-refractivity contribution in [3.05, 3.63) is 69.3 Å². The standard InChI is InChI=1S/C16H16N2O4/c1-10-3-4-13(9-15(10)18(21)22)16(20)17-14-7-5-12(6-8-14)11(2)19/h3-9,11,19H,1-2H3,(H,17,20)/t11-/m1/s1. The van der Waals surface area contributed by atoms with E-state index in [-0.39, 0.29) is 11.3 Å². The van der Waals surface area contributed by atoms with Crippen LogP contribution in [-0.2, 0) is 0 Å². The Hall–Kier alpha value is -2.73. The number of nitro groups is 1. The van der Waals surface area contributed by atoms with Gasteiger partial charge in [-0.2, -0.15) is 0 Å². The van der Waals surface area contributed by atoms with Crippen LogP contribution in [0, 0.1) is 17.0 Å². The van der Waals surface area contributed by atoms with E-state index < -0.39 is 16.9 Å². The van der Waals surface area contributed by atoms with Gasteiger partial charge in [0.15, 0.2) is 0 Å². The van der Waals surface area contributed by atoms with Crippen molar-refractivity contribution in [2.75, 3.05) is 5.32 Å². The van der Waals surface area contributed by atoms with E-state index in [0.717, 1.165) is 5.56 Å². The molecule has 0 saturated carbocycles. The summed E-state index contributed by atoms with van der Waals surface area (Å²) in [5.41, 5.74) is 1.93. The molecule has 0 aliphatic heterocycles. The number of hydrogen-bond acceptors (Lipinski definition) is 4. The van der Waals surface area contributed by atoms with Crippen LogP contribution in [0.5, 0.6) is 0 Å². The molecule has 6 nitrogen and oxygen atoms in total. The first kappa shape index (κ1) is 15.7. The molecule has 114 valence electrons. The van der Waals surface area contributed by atoms with Crippen LogP contribution in [-0.4, -0.2) is 15.9 Å². The third-order valence-electron chi connectivity index (χ3n) is 3.32. The molecule has 0 unspecified atom stereocenters. The van der Waals surface area contributed by atoms with Crippen LogP contribution in [0.3, 0.4) is 0 Å². The van der Waals surface area contributed by atoms with Gasteiger partial charge in [-0.05, 0) is 37.6 Å². The van der Waals surface area contributed by atoms with E-state index in [2.05, 4.69) is 5.32 Å². The lowest BCUT2D eigenvalue weighted by atomic mass is 10.1. The number of aliphatic hydroxyl groups excluding tert-OH is 1. The van der Waals surface area contributed by atoms with Crippen LogP contribution in [0.2, 0.25) is 0 Å². The summed E-state index contributed by atoms with van der Waals surface area (Å²) in [6.07, 6.45) is -0.579. The van der Waals surface area contributed by atoms with Gasteiger partial charge in [0.25, 0.3) is 11.6 Å². The van der Waals surface area contributed by atoms with E-state index in [1.807, 2.05) is 0 Å². The summed E-state index contributed by atoms with van der Waals surface area (Å²) >= 11 is 0. The number of aliphatic hydroxyl groups is 1. The molecule has 2 aromatic carbocycles. The smallest absolute Gasteiger partial charge is 0.273 e. The molecule has 0 spiro atoms. The highest BCUT2D eigenvalue weighted by Gasteiger charge is 2.15. The lowest BCUT2D eigenvalue weighted by molar-refractivity contribution is -0.385. The van der Waals surface area contributed by atoms with Gasteiger partial charge in [0, 0.05) is 22.9 Å². The molecule has 0 aliphatic rings. The van der Waals surface area contributed by atoms with Crippen LogP contribution in [0.25, 0.3) is 0 Å². The maximum atomic E-state index is 12.1. The first-order valence-electron chi connectivity index (χ1n) is 6.73. The molecule has 6 heteroatoms. The zero-order valence-electron chi connectivity index (χ0n) is 12.2. The van der Waals surface area contributed by atoms with Crippen molar-refractivity contribution >= 4 is 17.3 Å².